The minimum atomic E-state index is 0.415. The van der Waals surface area contributed by atoms with Gasteiger partial charge in [-0.3, -0.25) is 4.98 Å². The van der Waals surface area contributed by atoms with E-state index in [9.17, 15) is 0 Å². The van der Waals surface area contributed by atoms with E-state index in [1.165, 1.54) is 0 Å². The quantitative estimate of drug-likeness (QED) is 0.905. The summed E-state index contributed by atoms with van der Waals surface area (Å²) in [6, 6.07) is 9.44. The molecule has 2 aromatic rings. The van der Waals surface area contributed by atoms with Gasteiger partial charge in [0.05, 0.1) is 6.20 Å². The summed E-state index contributed by atoms with van der Waals surface area (Å²) in [4.78, 5) is 4.01. The molecule has 0 spiro atoms. The molecule has 0 bridgehead atoms. The standard InChI is InChI=1S/C13H13ClN2O/c14-12-4-2-1-3-11(12)9-17-13-8-16-6-5-10(13)7-15/h1-6,8H,7,9,15H2. The zero-order valence-corrected chi connectivity index (χ0v) is 10.0. The third kappa shape index (κ3) is 2.96. The summed E-state index contributed by atoms with van der Waals surface area (Å²) in [5, 5.41) is 0.700. The van der Waals surface area contributed by atoms with E-state index >= 15 is 0 Å². The van der Waals surface area contributed by atoms with E-state index in [1.54, 1.807) is 12.4 Å². The molecule has 88 valence electrons. The average Bonchev–Trinajstić information content (AvgIpc) is 2.38. The molecule has 1 heterocycles. The van der Waals surface area contributed by atoms with Crippen LogP contribution >= 0.6 is 11.6 Å². The van der Waals surface area contributed by atoms with Crippen LogP contribution in [0.4, 0.5) is 0 Å². The molecular formula is C13H13ClN2O. The number of nitrogens with two attached hydrogens (primary N) is 1. The van der Waals surface area contributed by atoms with Crippen LogP contribution in [0.15, 0.2) is 42.7 Å². The smallest absolute Gasteiger partial charge is 0.142 e. The zero-order chi connectivity index (χ0) is 12.1. The van der Waals surface area contributed by atoms with Crippen molar-refractivity contribution in [2.45, 2.75) is 13.2 Å². The van der Waals surface area contributed by atoms with Gasteiger partial charge in [-0.15, -0.1) is 0 Å². The van der Waals surface area contributed by atoms with Gasteiger partial charge in [0.1, 0.15) is 12.4 Å². The molecule has 0 radical (unpaired) electrons. The van der Waals surface area contributed by atoms with Crippen molar-refractivity contribution in [2.24, 2.45) is 5.73 Å². The highest BCUT2D eigenvalue weighted by Crippen LogP contribution is 2.20. The Hall–Kier alpha value is -1.58. The van der Waals surface area contributed by atoms with Gasteiger partial charge in [-0.25, -0.2) is 0 Å². The van der Waals surface area contributed by atoms with Crippen molar-refractivity contribution in [1.29, 1.82) is 0 Å². The zero-order valence-electron chi connectivity index (χ0n) is 9.27. The molecule has 3 nitrogen and oxygen atoms in total. The first-order valence-electron chi connectivity index (χ1n) is 5.30. The van der Waals surface area contributed by atoms with E-state index < -0.39 is 0 Å². The van der Waals surface area contributed by atoms with Crippen LogP contribution in [0.1, 0.15) is 11.1 Å². The maximum atomic E-state index is 6.04. The van der Waals surface area contributed by atoms with Gasteiger partial charge in [0.2, 0.25) is 0 Å². The largest absolute Gasteiger partial charge is 0.487 e. The fourth-order valence-electron chi connectivity index (χ4n) is 1.48. The van der Waals surface area contributed by atoms with Gasteiger partial charge < -0.3 is 10.5 Å². The van der Waals surface area contributed by atoms with Crippen molar-refractivity contribution in [3.05, 3.63) is 58.9 Å². The molecule has 2 rings (SSSR count). The van der Waals surface area contributed by atoms with Crippen LogP contribution in [-0.2, 0) is 13.2 Å². The molecule has 1 aromatic heterocycles. The summed E-state index contributed by atoms with van der Waals surface area (Å²) in [5.74, 6) is 0.704. The summed E-state index contributed by atoms with van der Waals surface area (Å²) in [6.07, 6.45) is 3.36. The van der Waals surface area contributed by atoms with E-state index in [1.807, 2.05) is 30.3 Å². The van der Waals surface area contributed by atoms with Crippen molar-refractivity contribution in [3.63, 3.8) is 0 Å². The van der Waals surface area contributed by atoms with E-state index in [0.717, 1.165) is 11.1 Å². The van der Waals surface area contributed by atoms with Crippen LogP contribution in [0.3, 0.4) is 0 Å². The lowest BCUT2D eigenvalue weighted by atomic mass is 10.2. The lowest BCUT2D eigenvalue weighted by molar-refractivity contribution is 0.302. The van der Waals surface area contributed by atoms with Crippen molar-refractivity contribution >= 4 is 11.6 Å². The lowest BCUT2D eigenvalue weighted by Crippen LogP contribution is -2.03. The van der Waals surface area contributed by atoms with Gasteiger partial charge in [-0.2, -0.15) is 0 Å². The molecule has 0 saturated carbocycles. The number of pyridine rings is 1. The maximum Gasteiger partial charge on any atom is 0.142 e. The Bertz CT molecular complexity index is 502. The highest BCUT2D eigenvalue weighted by atomic mass is 35.5. The minimum absolute atomic E-state index is 0.415. The normalized spacial score (nSPS) is 10.2. The summed E-state index contributed by atoms with van der Waals surface area (Å²) < 4.78 is 5.67. The molecule has 1 aromatic carbocycles. The second kappa shape index (κ2) is 5.66. The Morgan fingerprint density at radius 3 is 2.76 bits per heavy atom. The van der Waals surface area contributed by atoms with Crippen LogP contribution in [0.25, 0.3) is 0 Å². The molecule has 0 unspecified atom stereocenters. The van der Waals surface area contributed by atoms with Gasteiger partial charge in [0.25, 0.3) is 0 Å². The predicted molar refractivity (Wildman–Crippen MR) is 67.9 cm³/mol. The van der Waals surface area contributed by atoms with Crippen LogP contribution in [0.2, 0.25) is 5.02 Å². The van der Waals surface area contributed by atoms with E-state index in [4.69, 9.17) is 22.1 Å². The molecule has 0 saturated heterocycles. The number of benzene rings is 1. The molecule has 17 heavy (non-hydrogen) atoms. The fraction of sp³-hybridized carbons (Fsp3) is 0.154. The molecule has 0 aliphatic carbocycles. The molecule has 0 amide bonds. The molecule has 0 atom stereocenters. The number of nitrogens with zero attached hydrogens (tertiary/aromatic N) is 1. The molecule has 0 fully saturated rings. The number of hydrogen-bond donors (Lipinski definition) is 1. The van der Waals surface area contributed by atoms with Crippen molar-refractivity contribution < 1.29 is 4.74 Å². The number of halogens is 1. The maximum absolute atomic E-state index is 6.04. The fourth-order valence-corrected chi connectivity index (χ4v) is 1.67. The molecule has 4 heteroatoms. The van der Waals surface area contributed by atoms with Crippen molar-refractivity contribution in [1.82, 2.24) is 4.98 Å². The third-order valence-corrected chi connectivity index (χ3v) is 2.80. The highest BCUT2D eigenvalue weighted by Gasteiger charge is 2.04. The van der Waals surface area contributed by atoms with E-state index in [-0.39, 0.29) is 0 Å². The first-order chi connectivity index (χ1) is 8.31. The Kier molecular flexibility index (Phi) is 3.96. The Morgan fingerprint density at radius 2 is 2.00 bits per heavy atom. The van der Waals surface area contributed by atoms with Crippen molar-refractivity contribution in [2.75, 3.05) is 0 Å². The molecule has 2 N–H and O–H groups in total. The van der Waals surface area contributed by atoms with Gasteiger partial charge in [0.15, 0.2) is 0 Å². The van der Waals surface area contributed by atoms with Gasteiger partial charge in [0, 0.05) is 28.9 Å². The SMILES string of the molecule is NCc1ccncc1OCc1ccccc1Cl. The van der Waals surface area contributed by atoms with Crippen molar-refractivity contribution in [3.8, 4) is 5.75 Å². The third-order valence-electron chi connectivity index (χ3n) is 2.43. The Morgan fingerprint density at radius 1 is 1.18 bits per heavy atom. The second-order valence-electron chi connectivity index (χ2n) is 3.57. The van der Waals surface area contributed by atoms with Gasteiger partial charge in [-0.1, -0.05) is 29.8 Å². The minimum Gasteiger partial charge on any atom is -0.487 e. The summed E-state index contributed by atoms with van der Waals surface area (Å²) in [5.41, 5.74) is 7.50. The Balaban J connectivity index is 2.10. The van der Waals surface area contributed by atoms with Gasteiger partial charge in [-0.05, 0) is 12.1 Å². The first-order valence-corrected chi connectivity index (χ1v) is 5.68. The van der Waals surface area contributed by atoms with E-state index in [0.29, 0.717) is 23.9 Å². The number of hydrogen-bond acceptors (Lipinski definition) is 3. The molecular weight excluding hydrogens is 236 g/mol. The van der Waals surface area contributed by atoms with Crippen LogP contribution < -0.4 is 10.5 Å². The average molecular weight is 249 g/mol. The Labute approximate surface area is 105 Å². The van der Waals surface area contributed by atoms with Crippen LogP contribution in [-0.4, -0.2) is 4.98 Å². The first kappa shape index (κ1) is 11.9. The van der Waals surface area contributed by atoms with Gasteiger partial charge >= 0.3 is 0 Å². The number of rotatable bonds is 4. The second-order valence-corrected chi connectivity index (χ2v) is 3.97. The summed E-state index contributed by atoms with van der Waals surface area (Å²) in [7, 11) is 0. The summed E-state index contributed by atoms with van der Waals surface area (Å²) in [6.45, 7) is 0.846. The summed E-state index contributed by atoms with van der Waals surface area (Å²) >= 11 is 6.04. The lowest BCUT2D eigenvalue weighted by Gasteiger charge is -2.10. The topological polar surface area (TPSA) is 48.1 Å². The van der Waals surface area contributed by atoms with Crippen LogP contribution in [0, 0.1) is 0 Å². The monoisotopic (exact) mass is 248 g/mol. The number of aromatic nitrogens is 1. The molecule has 0 aliphatic rings. The van der Waals surface area contributed by atoms with E-state index in [2.05, 4.69) is 4.98 Å². The predicted octanol–water partition coefficient (Wildman–Crippen LogP) is 2.77. The molecule has 0 aliphatic heterocycles. The highest BCUT2D eigenvalue weighted by molar-refractivity contribution is 6.31. The van der Waals surface area contributed by atoms with Crippen LogP contribution in [0.5, 0.6) is 5.75 Å². The number of ether oxygens (including phenoxy) is 1.